The predicted octanol–water partition coefficient (Wildman–Crippen LogP) is 3.08. The Kier molecular flexibility index (Phi) is 4.74. The van der Waals surface area contributed by atoms with Gasteiger partial charge in [0.15, 0.2) is 0 Å². The Hall–Kier alpha value is -0.860. The van der Waals surface area contributed by atoms with E-state index in [4.69, 9.17) is 0 Å². The van der Waals surface area contributed by atoms with Crippen LogP contribution in [0.1, 0.15) is 38.2 Å². The SMILES string of the molecule is CC(Cc1ccccc1)N1CCC(NCC2CC2)CC1. The molecule has 0 amide bonds. The molecule has 1 aromatic carbocycles. The van der Waals surface area contributed by atoms with Gasteiger partial charge in [0.25, 0.3) is 0 Å². The molecule has 1 aliphatic heterocycles. The van der Waals surface area contributed by atoms with Crippen molar-refractivity contribution in [3.8, 4) is 0 Å². The number of rotatable bonds is 6. The highest BCUT2D eigenvalue weighted by molar-refractivity contribution is 5.15. The van der Waals surface area contributed by atoms with Crippen LogP contribution in [0.2, 0.25) is 0 Å². The Balaban J connectivity index is 1.40. The molecule has 1 atom stereocenters. The van der Waals surface area contributed by atoms with Crippen molar-refractivity contribution in [3.63, 3.8) is 0 Å². The largest absolute Gasteiger partial charge is 0.314 e. The van der Waals surface area contributed by atoms with Gasteiger partial charge in [-0.05, 0) is 70.1 Å². The van der Waals surface area contributed by atoms with Crippen LogP contribution in [-0.2, 0) is 6.42 Å². The number of hydrogen-bond acceptors (Lipinski definition) is 2. The highest BCUT2D eigenvalue weighted by Gasteiger charge is 2.25. The third kappa shape index (κ3) is 4.07. The van der Waals surface area contributed by atoms with Crippen LogP contribution in [0.5, 0.6) is 0 Å². The average molecular weight is 272 g/mol. The fraction of sp³-hybridized carbons (Fsp3) is 0.667. The molecule has 2 fully saturated rings. The molecule has 1 aliphatic carbocycles. The van der Waals surface area contributed by atoms with Gasteiger partial charge in [-0.1, -0.05) is 30.3 Å². The van der Waals surface area contributed by atoms with Crippen molar-refractivity contribution in [1.82, 2.24) is 10.2 Å². The molecule has 2 nitrogen and oxygen atoms in total. The van der Waals surface area contributed by atoms with Crippen molar-refractivity contribution in [2.24, 2.45) is 5.92 Å². The minimum absolute atomic E-state index is 0.668. The lowest BCUT2D eigenvalue weighted by Crippen LogP contribution is -2.46. The molecule has 0 spiro atoms. The van der Waals surface area contributed by atoms with E-state index in [-0.39, 0.29) is 0 Å². The molecule has 2 heteroatoms. The van der Waals surface area contributed by atoms with Crippen molar-refractivity contribution >= 4 is 0 Å². The van der Waals surface area contributed by atoms with E-state index < -0.39 is 0 Å². The minimum Gasteiger partial charge on any atom is -0.314 e. The lowest BCUT2D eigenvalue weighted by Gasteiger charge is -2.36. The third-order valence-corrected chi connectivity index (χ3v) is 4.92. The van der Waals surface area contributed by atoms with Crippen molar-refractivity contribution in [2.75, 3.05) is 19.6 Å². The second kappa shape index (κ2) is 6.73. The van der Waals surface area contributed by atoms with Gasteiger partial charge in [-0.2, -0.15) is 0 Å². The highest BCUT2D eigenvalue weighted by atomic mass is 15.2. The van der Waals surface area contributed by atoms with Crippen LogP contribution < -0.4 is 5.32 Å². The second-order valence-electron chi connectivity index (χ2n) is 6.70. The van der Waals surface area contributed by atoms with Crippen LogP contribution >= 0.6 is 0 Å². The Morgan fingerprint density at radius 3 is 2.45 bits per heavy atom. The number of nitrogens with one attached hydrogen (secondary N) is 1. The third-order valence-electron chi connectivity index (χ3n) is 4.92. The van der Waals surface area contributed by atoms with E-state index in [1.807, 2.05) is 0 Å². The van der Waals surface area contributed by atoms with E-state index in [2.05, 4.69) is 47.5 Å². The van der Waals surface area contributed by atoms with Crippen LogP contribution in [0.25, 0.3) is 0 Å². The summed E-state index contributed by atoms with van der Waals surface area (Å²) in [6.45, 7) is 6.17. The van der Waals surface area contributed by atoms with Crippen LogP contribution in [0.4, 0.5) is 0 Å². The summed E-state index contributed by atoms with van der Waals surface area (Å²) in [5, 5.41) is 3.77. The lowest BCUT2D eigenvalue weighted by molar-refractivity contribution is 0.151. The first kappa shape index (κ1) is 14.1. The Morgan fingerprint density at radius 1 is 1.10 bits per heavy atom. The number of hydrogen-bond donors (Lipinski definition) is 1. The van der Waals surface area contributed by atoms with E-state index in [0.29, 0.717) is 6.04 Å². The topological polar surface area (TPSA) is 15.3 Å². The van der Waals surface area contributed by atoms with Gasteiger partial charge in [0.2, 0.25) is 0 Å². The van der Waals surface area contributed by atoms with Gasteiger partial charge in [0, 0.05) is 12.1 Å². The summed E-state index contributed by atoms with van der Waals surface area (Å²) >= 11 is 0. The van der Waals surface area contributed by atoms with E-state index in [0.717, 1.165) is 12.0 Å². The van der Waals surface area contributed by atoms with Gasteiger partial charge in [-0.3, -0.25) is 0 Å². The standard InChI is InChI=1S/C18H28N2/c1-15(13-16-5-3-2-4-6-16)20-11-9-18(10-12-20)19-14-17-7-8-17/h2-6,15,17-19H,7-14H2,1H3. The first-order valence-electron chi connectivity index (χ1n) is 8.32. The van der Waals surface area contributed by atoms with E-state index in [1.54, 1.807) is 0 Å². The van der Waals surface area contributed by atoms with Gasteiger partial charge in [0.05, 0.1) is 0 Å². The maximum atomic E-state index is 3.77. The smallest absolute Gasteiger partial charge is 0.0107 e. The van der Waals surface area contributed by atoms with Crippen molar-refractivity contribution < 1.29 is 0 Å². The summed E-state index contributed by atoms with van der Waals surface area (Å²) in [6, 6.07) is 12.3. The first-order valence-corrected chi connectivity index (χ1v) is 8.32. The summed E-state index contributed by atoms with van der Waals surface area (Å²) in [5.41, 5.74) is 1.47. The monoisotopic (exact) mass is 272 g/mol. The molecule has 1 saturated carbocycles. The van der Waals surface area contributed by atoms with Crippen LogP contribution in [-0.4, -0.2) is 36.6 Å². The Morgan fingerprint density at radius 2 is 1.80 bits per heavy atom. The Bertz CT molecular complexity index is 391. The molecular weight excluding hydrogens is 244 g/mol. The quantitative estimate of drug-likeness (QED) is 0.856. The van der Waals surface area contributed by atoms with E-state index in [9.17, 15) is 0 Å². The molecule has 2 aliphatic rings. The summed E-state index contributed by atoms with van der Waals surface area (Å²) in [6.07, 6.45) is 6.75. The van der Waals surface area contributed by atoms with Gasteiger partial charge in [-0.25, -0.2) is 0 Å². The van der Waals surface area contributed by atoms with Crippen LogP contribution in [0.15, 0.2) is 30.3 Å². The average Bonchev–Trinajstić information content (AvgIpc) is 3.31. The second-order valence-corrected chi connectivity index (χ2v) is 6.70. The summed E-state index contributed by atoms with van der Waals surface area (Å²) < 4.78 is 0. The van der Waals surface area contributed by atoms with Crippen molar-refractivity contribution in [3.05, 3.63) is 35.9 Å². The van der Waals surface area contributed by atoms with Gasteiger partial charge < -0.3 is 10.2 Å². The van der Waals surface area contributed by atoms with Crippen LogP contribution in [0.3, 0.4) is 0 Å². The molecule has 1 N–H and O–H groups in total. The molecule has 1 aromatic rings. The van der Waals surface area contributed by atoms with Gasteiger partial charge >= 0.3 is 0 Å². The number of benzene rings is 1. The highest BCUT2D eigenvalue weighted by Crippen LogP contribution is 2.28. The number of piperidine rings is 1. The summed E-state index contributed by atoms with van der Waals surface area (Å²) in [7, 11) is 0. The molecule has 20 heavy (non-hydrogen) atoms. The summed E-state index contributed by atoms with van der Waals surface area (Å²) in [5.74, 6) is 1.00. The lowest BCUT2D eigenvalue weighted by atomic mass is 10.00. The molecule has 110 valence electrons. The van der Waals surface area contributed by atoms with Crippen molar-refractivity contribution in [2.45, 2.75) is 51.1 Å². The van der Waals surface area contributed by atoms with Crippen molar-refractivity contribution in [1.29, 1.82) is 0 Å². The molecule has 0 radical (unpaired) electrons. The molecule has 1 saturated heterocycles. The van der Waals surface area contributed by atoms with Gasteiger partial charge in [0.1, 0.15) is 0 Å². The number of nitrogens with zero attached hydrogens (tertiary/aromatic N) is 1. The molecule has 0 bridgehead atoms. The molecule has 1 heterocycles. The summed E-state index contributed by atoms with van der Waals surface area (Å²) in [4.78, 5) is 2.67. The first-order chi connectivity index (χ1) is 9.81. The Labute approximate surface area is 123 Å². The molecular formula is C18H28N2. The fourth-order valence-electron chi connectivity index (χ4n) is 3.28. The molecule has 0 aromatic heterocycles. The molecule has 1 unspecified atom stereocenters. The maximum Gasteiger partial charge on any atom is 0.0107 e. The zero-order chi connectivity index (χ0) is 13.8. The maximum absolute atomic E-state index is 3.77. The number of likely N-dealkylation sites (tertiary alicyclic amines) is 1. The molecule has 3 rings (SSSR count). The predicted molar refractivity (Wildman–Crippen MR) is 84.9 cm³/mol. The van der Waals surface area contributed by atoms with E-state index in [1.165, 1.54) is 57.3 Å². The van der Waals surface area contributed by atoms with Crippen LogP contribution in [0, 0.1) is 5.92 Å². The minimum atomic E-state index is 0.668. The zero-order valence-electron chi connectivity index (χ0n) is 12.7. The fourth-order valence-corrected chi connectivity index (χ4v) is 3.28. The van der Waals surface area contributed by atoms with E-state index >= 15 is 0 Å². The normalized spacial score (nSPS) is 22.9. The van der Waals surface area contributed by atoms with Gasteiger partial charge in [-0.15, -0.1) is 0 Å². The zero-order valence-corrected chi connectivity index (χ0v) is 12.7.